The van der Waals surface area contributed by atoms with E-state index < -0.39 is 0 Å². The highest BCUT2D eigenvalue weighted by Crippen LogP contribution is 2.52. The molecule has 4 heteroatoms. The van der Waals surface area contributed by atoms with Crippen LogP contribution < -0.4 is 19.3 Å². The third kappa shape index (κ3) is 14.2. The van der Waals surface area contributed by atoms with Gasteiger partial charge in [-0.25, -0.2) is 0 Å². The van der Waals surface area contributed by atoms with Crippen LogP contribution in [0.5, 0.6) is 11.5 Å². The fourth-order valence-corrected chi connectivity index (χ4v) is 15.4. The first kappa shape index (κ1) is 68.9. The Hall–Kier alpha value is -11.2. The highest BCUT2D eigenvalue weighted by atomic mass is 16.7. The standard InChI is InChI=1S/C99H94N2O2/c1-11-71(73-28-16-12-17-29-73)68-70(2)72-42-64-88(65-43-72)102-69-103-89-66-44-75(45-67-89)74-40-46-79(47-41-74)99(9,10)83-54-62-87(63-55-83)101(86-60-52-82(53-61-86)98(7,8)78-34-22-15-23-35-78)95-92-38-26-24-36-90(92)94(91-37-25-27-39-93(91)95)100(84-56-48-80(49-57-84)96(3,4)76-30-18-13-19-31-76)85-58-50-81(51-59-85)97(5,6)77-32-20-14-21-33-77/h12-67,70-71H,11,68-69H2,1-10H3. The zero-order valence-electron chi connectivity index (χ0n) is 61.3. The van der Waals surface area contributed by atoms with E-state index in [0.717, 1.165) is 91.1 Å². The third-order valence-electron chi connectivity index (χ3n) is 22.3. The first-order valence-corrected chi connectivity index (χ1v) is 36.7. The van der Waals surface area contributed by atoms with Gasteiger partial charge in [0.2, 0.25) is 6.79 Å². The largest absolute Gasteiger partial charge is 0.458 e. The van der Waals surface area contributed by atoms with Crippen molar-refractivity contribution in [2.75, 3.05) is 16.6 Å². The predicted octanol–water partition coefficient (Wildman–Crippen LogP) is 27.0. The van der Waals surface area contributed by atoms with E-state index in [9.17, 15) is 0 Å². The average molecular weight is 1340 g/mol. The Morgan fingerprint density at radius 2 is 0.524 bits per heavy atom. The second-order valence-corrected chi connectivity index (χ2v) is 30.0. The molecule has 0 radical (unpaired) electrons. The van der Waals surface area contributed by atoms with Crippen molar-refractivity contribution in [1.82, 2.24) is 0 Å². The molecule has 512 valence electrons. The Morgan fingerprint density at radius 3 is 0.825 bits per heavy atom. The minimum absolute atomic E-state index is 0.125. The molecule has 0 amide bonds. The Balaban J connectivity index is 0.780. The maximum absolute atomic E-state index is 6.11. The van der Waals surface area contributed by atoms with Crippen molar-refractivity contribution < 1.29 is 9.47 Å². The molecule has 0 N–H and O–H groups in total. The maximum atomic E-state index is 6.11. The van der Waals surface area contributed by atoms with Crippen molar-refractivity contribution in [3.05, 3.63) is 395 Å². The van der Waals surface area contributed by atoms with Gasteiger partial charge in [0.25, 0.3) is 0 Å². The van der Waals surface area contributed by atoms with Crippen LogP contribution in [0.1, 0.15) is 150 Å². The summed E-state index contributed by atoms with van der Waals surface area (Å²) in [6, 6.07) is 125. The van der Waals surface area contributed by atoms with E-state index >= 15 is 0 Å². The van der Waals surface area contributed by atoms with Crippen LogP contribution in [0.25, 0.3) is 32.7 Å². The lowest BCUT2D eigenvalue weighted by Crippen LogP contribution is -2.20. The second kappa shape index (κ2) is 29.4. The van der Waals surface area contributed by atoms with Crippen LogP contribution in [-0.4, -0.2) is 6.79 Å². The van der Waals surface area contributed by atoms with Crippen molar-refractivity contribution in [3.8, 4) is 22.6 Å². The highest BCUT2D eigenvalue weighted by Gasteiger charge is 2.31. The molecule has 14 aromatic rings. The van der Waals surface area contributed by atoms with Crippen molar-refractivity contribution >= 4 is 55.7 Å². The van der Waals surface area contributed by atoms with Crippen LogP contribution >= 0.6 is 0 Å². The lowest BCUT2D eigenvalue weighted by Gasteiger charge is -2.34. The molecule has 0 aromatic heterocycles. The number of hydrogen-bond acceptors (Lipinski definition) is 4. The van der Waals surface area contributed by atoms with Crippen LogP contribution in [0.15, 0.2) is 340 Å². The molecule has 2 unspecified atom stereocenters. The fraction of sp³-hybridized carbons (Fsp3) is 0.192. The first-order valence-electron chi connectivity index (χ1n) is 36.7. The molecule has 0 bridgehead atoms. The fourth-order valence-electron chi connectivity index (χ4n) is 15.4. The summed E-state index contributed by atoms with van der Waals surface area (Å²) < 4.78 is 12.2. The summed E-state index contributed by atoms with van der Waals surface area (Å²) in [5.41, 5.74) is 20.6. The van der Waals surface area contributed by atoms with Crippen LogP contribution in [0.2, 0.25) is 0 Å². The van der Waals surface area contributed by atoms with E-state index in [0.29, 0.717) is 11.8 Å². The van der Waals surface area contributed by atoms with E-state index in [1.807, 2.05) is 12.1 Å². The van der Waals surface area contributed by atoms with Crippen LogP contribution in [0.3, 0.4) is 0 Å². The molecule has 2 atom stereocenters. The summed E-state index contributed by atoms with van der Waals surface area (Å²) in [6.45, 7) is 23.3. The summed E-state index contributed by atoms with van der Waals surface area (Å²) in [7, 11) is 0. The minimum atomic E-state index is -0.321. The van der Waals surface area contributed by atoms with Gasteiger partial charge < -0.3 is 19.3 Å². The number of hydrogen-bond donors (Lipinski definition) is 0. The van der Waals surface area contributed by atoms with Gasteiger partial charge >= 0.3 is 0 Å². The smallest absolute Gasteiger partial charge is 0.230 e. The zero-order chi connectivity index (χ0) is 71.3. The van der Waals surface area contributed by atoms with Crippen molar-refractivity contribution in [2.24, 2.45) is 0 Å². The van der Waals surface area contributed by atoms with Crippen LogP contribution in [0.4, 0.5) is 34.1 Å². The summed E-state index contributed by atoms with van der Waals surface area (Å²) in [5, 5.41) is 4.56. The van der Waals surface area contributed by atoms with Crippen LogP contribution in [-0.2, 0) is 21.7 Å². The predicted molar refractivity (Wildman–Crippen MR) is 436 cm³/mol. The van der Waals surface area contributed by atoms with Crippen LogP contribution in [0, 0.1) is 0 Å². The van der Waals surface area contributed by atoms with Gasteiger partial charge in [0.05, 0.1) is 11.4 Å². The number of rotatable bonds is 24. The van der Waals surface area contributed by atoms with Gasteiger partial charge in [0, 0.05) is 66.0 Å². The van der Waals surface area contributed by atoms with Gasteiger partial charge in [-0.2, -0.15) is 0 Å². The molecule has 0 heterocycles. The molecule has 0 aliphatic rings. The quantitative estimate of drug-likeness (QED) is 0.0342. The molecular formula is C99H94N2O2. The van der Waals surface area contributed by atoms with Gasteiger partial charge in [-0.1, -0.05) is 336 Å². The average Bonchev–Trinajstić information content (AvgIpc) is 0.721. The molecular weight excluding hydrogens is 1250 g/mol. The topological polar surface area (TPSA) is 24.9 Å². The normalized spacial score (nSPS) is 12.6. The zero-order valence-corrected chi connectivity index (χ0v) is 61.3. The van der Waals surface area contributed by atoms with Crippen molar-refractivity contribution in [1.29, 1.82) is 0 Å². The Kier molecular flexibility index (Phi) is 19.7. The highest BCUT2D eigenvalue weighted by molar-refractivity contribution is 6.23. The molecule has 0 aliphatic carbocycles. The Bertz CT molecular complexity index is 4980. The van der Waals surface area contributed by atoms with E-state index in [1.165, 1.54) is 55.6 Å². The van der Waals surface area contributed by atoms with Crippen molar-refractivity contribution in [2.45, 2.75) is 116 Å². The van der Waals surface area contributed by atoms with Crippen molar-refractivity contribution in [3.63, 3.8) is 0 Å². The van der Waals surface area contributed by atoms with Gasteiger partial charge in [-0.3, -0.25) is 0 Å². The minimum Gasteiger partial charge on any atom is -0.458 e. The molecule has 0 spiro atoms. The summed E-state index contributed by atoms with van der Waals surface area (Å²) >= 11 is 0. The number of anilines is 6. The van der Waals surface area contributed by atoms with Gasteiger partial charge in [-0.15, -0.1) is 0 Å². The summed E-state index contributed by atoms with van der Waals surface area (Å²) in [6.07, 6.45) is 2.23. The first-order chi connectivity index (χ1) is 50.0. The molecule has 0 saturated carbocycles. The summed E-state index contributed by atoms with van der Waals surface area (Å²) in [5.74, 6) is 2.53. The van der Waals surface area contributed by atoms with E-state index in [2.05, 4.69) is 407 Å². The Labute approximate surface area is 611 Å². The third-order valence-corrected chi connectivity index (χ3v) is 22.3. The van der Waals surface area contributed by atoms with E-state index in [1.54, 1.807) is 0 Å². The second-order valence-electron chi connectivity index (χ2n) is 30.0. The number of fused-ring (bicyclic) bond motifs is 2. The SMILES string of the molecule is CCC(CC(C)c1ccc(OCOc2ccc(-c3ccc(C(C)(C)c4ccc(N(c5ccc(C(C)(C)c6ccccc6)cc5)c5c6ccccc6c(N(c6ccc(C(C)(C)c7ccccc7)cc6)c6ccc(C(C)(C)c7ccccc7)cc6)c6ccccc56)cc4)cc3)cc2)cc1)c1ccccc1. The molecule has 4 nitrogen and oxygen atoms in total. The molecule has 14 rings (SSSR count). The number of nitrogens with zero attached hydrogens (tertiary/aromatic N) is 2. The molecule has 0 aliphatic heterocycles. The maximum Gasteiger partial charge on any atom is 0.230 e. The molecule has 103 heavy (non-hydrogen) atoms. The summed E-state index contributed by atoms with van der Waals surface area (Å²) in [4.78, 5) is 5.00. The van der Waals surface area contributed by atoms with Gasteiger partial charge in [-0.05, 0) is 164 Å². The molecule has 0 fully saturated rings. The number of ether oxygens (including phenoxy) is 2. The lowest BCUT2D eigenvalue weighted by atomic mass is 9.77. The monoisotopic (exact) mass is 1340 g/mol. The lowest BCUT2D eigenvalue weighted by molar-refractivity contribution is 0.120. The van der Waals surface area contributed by atoms with E-state index in [-0.39, 0.29) is 28.5 Å². The number of benzene rings is 14. The molecule has 14 aromatic carbocycles. The molecule has 0 saturated heterocycles. The van der Waals surface area contributed by atoms with Gasteiger partial charge in [0.15, 0.2) is 0 Å². The Morgan fingerprint density at radius 1 is 0.272 bits per heavy atom. The van der Waals surface area contributed by atoms with Gasteiger partial charge in [0.1, 0.15) is 11.5 Å². The van der Waals surface area contributed by atoms with E-state index in [4.69, 9.17) is 9.47 Å².